The first-order chi connectivity index (χ1) is 13.3. The number of nitrogens with zero attached hydrogens (tertiary/aromatic N) is 2. The number of carbonyl (C=O) groups is 1. The maximum absolute atomic E-state index is 11.9. The van der Waals surface area contributed by atoms with Crippen LogP contribution >= 0.6 is 22.9 Å². The highest BCUT2D eigenvalue weighted by molar-refractivity contribution is 7.91. The van der Waals surface area contributed by atoms with Crippen molar-refractivity contribution < 1.29 is 17.7 Å². The standard InChI is InChI=1S/C17H17ClN4O4S2/c18-12-6-4-11(5-7-12)17-21-15(26-22-17)3-1-2-14(23)20-10-13-8-9-16(27-13)28(19,24)25/h4-9H,1-3,10H2,(H,20,23)(H2,19,24,25). The number of rotatable bonds is 8. The molecule has 0 aliphatic heterocycles. The van der Waals surface area contributed by atoms with Gasteiger partial charge in [0, 0.05) is 28.3 Å². The lowest BCUT2D eigenvalue weighted by atomic mass is 10.2. The van der Waals surface area contributed by atoms with E-state index >= 15 is 0 Å². The lowest BCUT2D eigenvalue weighted by Crippen LogP contribution is -2.22. The van der Waals surface area contributed by atoms with E-state index in [1.807, 2.05) is 0 Å². The Kier molecular flexibility index (Phi) is 6.45. The highest BCUT2D eigenvalue weighted by Crippen LogP contribution is 2.20. The first-order valence-corrected chi connectivity index (χ1v) is 11.0. The van der Waals surface area contributed by atoms with Crippen molar-refractivity contribution in [1.82, 2.24) is 15.5 Å². The van der Waals surface area contributed by atoms with Crippen LogP contribution in [0.1, 0.15) is 23.6 Å². The highest BCUT2D eigenvalue weighted by atomic mass is 35.5. The first-order valence-electron chi connectivity index (χ1n) is 8.28. The second-order valence-corrected chi connectivity index (χ2v) is 9.31. The molecule has 11 heteroatoms. The molecule has 0 unspecified atom stereocenters. The van der Waals surface area contributed by atoms with Gasteiger partial charge >= 0.3 is 0 Å². The molecule has 3 N–H and O–H groups in total. The molecule has 2 aromatic heterocycles. The lowest BCUT2D eigenvalue weighted by molar-refractivity contribution is -0.121. The quantitative estimate of drug-likeness (QED) is 0.554. The Morgan fingerprint density at radius 1 is 1.21 bits per heavy atom. The third-order valence-corrected chi connectivity index (χ3v) is 6.52. The molecular formula is C17H17ClN4O4S2. The minimum atomic E-state index is -3.71. The molecule has 0 radical (unpaired) electrons. The van der Waals surface area contributed by atoms with Crippen molar-refractivity contribution in [3.8, 4) is 11.4 Å². The minimum Gasteiger partial charge on any atom is -0.351 e. The number of halogens is 1. The molecule has 1 amide bonds. The van der Waals surface area contributed by atoms with Gasteiger partial charge in [-0.3, -0.25) is 4.79 Å². The van der Waals surface area contributed by atoms with Gasteiger partial charge in [-0.15, -0.1) is 11.3 Å². The van der Waals surface area contributed by atoms with E-state index in [-0.39, 0.29) is 23.1 Å². The van der Waals surface area contributed by atoms with Crippen LogP contribution in [-0.4, -0.2) is 24.5 Å². The Hall–Kier alpha value is -2.27. The van der Waals surface area contributed by atoms with Crippen LogP contribution in [0.2, 0.25) is 5.02 Å². The first kappa shape index (κ1) is 20.5. The van der Waals surface area contributed by atoms with Gasteiger partial charge in [0.15, 0.2) is 0 Å². The number of carbonyl (C=O) groups excluding carboxylic acids is 1. The number of primary sulfonamides is 1. The van der Waals surface area contributed by atoms with E-state index in [0.717, 1.165) is 16.9 Å². The third kappa shape index (κ3) is 5.61. The molecule has 8 nitrogen and oxygen atoms in total. The molecule has 0 aliphatic rings. The number of aromatic nitrogens is 2. The zero-order chi connectivity index (χ0) is 20.1. The Morgan fingerprint density at radius 3 is 2.64 bits per heavy atom. The van der Waals surface area contributed by atoms with Gasteiger partial charge in [0.1, 0.15) is 4.21 Å². The normalized spacial score (nSPS) is 11.5. The van der Waals surface area contributed by atoms with Gasteiger partial charge in [0.05, 0.1) is 6.54 Å². The molecule has 148 valence electrons. The predicted octanol–water partition coefficient (Wildman–Crippen LogP) is 2.74. The van der Waals surface area contributed by atoms with Crippen molar-refractivity contribution in [3.63, 3.8) is 0 Å². The van der Waals surface area contributed by atoms with E-state index in [1.54, 1.807) is 30.3 Å². The third-order valence-electron chi connectivity index (χ3n) is 3.74. The highest BCUT2D eigenvalue weighted by Gasteiger charge is 2.12. The van der Waals surface area contributed by atoms with Crippen LogP contribution in [-0.2, 0) is 27.8 Å². The van der Waals surface area contributed by atoms with Gasteiger partial charge < -0.3 is 9.84 Å². The molecular weight excluding hydrogens is 424 g/mol. The van der Waals surface area contributed by atoms with Gasteiger partial charge in [-0.25, -0.2) is 13.6 Å². The lowest BCUT2D eigenvalue weighted by Gasteiger charge is -2.02. The molecule has 0 spiro atoms. The van der Waals surface area contributed by atoms with E-state index < -0.39 is 10.0 Å². The smallest absolute Gasteiger partial charge is 0.247 e. The van der Waals surface area contributed by atoms with Crippen molar-refractivity contribution in [2.24, 2.45) is 5.14 Å². The topological polar surface area (TPSA) is 128 Å². The predicted molar refractivity (Wildman–Crippen MR) is 105 cm³/mol. The number of nitrogens with one attached hydrogen (secondary N) is 1. The molecule has 0 saturated carbocycles. The average Bonchev–Trinajstić information content (AvgIpc) is 3.30. The molecule has 1 aromatic carbocycles. The molecule has 0 atom stereocenters. The monoisotopic (exact) mass is 440 g/mol. The molecule has 3 rings (SSSR count). The summed E-state index contributed by atoms with van der Waals surface area (Å²) >= 11 is 6.89. The van der Waals surface area contributed by atoms with E-state index in [1.165, 1.54) is 6.07 Å². The van der Waals surface area contributed by atoms with E-state index in [0.29, 0.717) is 34.5 Å². The van der Waals surface area contributed by atoms with Crippen LogP contribution in [0.25, 0.3) is 11.4 Å². The van der Waals surface area contributed by atoms with Crippen molar-refractivity contribution >= 4 is 38.9 Å². The fraction of sp³-hybridized carbons (Fsp3) is 0.235. The summed E-state index contributed by atoms with van der Waals surface area (Å²) in [6.07, 6.45) is 1.30. The number of aryl methyl sites for hydroxylation is 1. The molecule has 28 heavy (non-hydrogen) atoms. The van der Waals surface area contributed by atoms with Crippen LogP contribution in [0.15, 0.2) is 45.1 Å². The van der Waals surface area contributed by atoms with E-state index in [4.69, 9.17) is 21.3 Å². The van der Waals surface area contributed by atoms with Crippen LogP contribution in [0, 0.1) is 0 Å². The van der Waals surface area contributed by atoms with Gasteiger partial charge in [-0.05, 0) is 42.8 Å². The Balaban J connectivity index is 1.43. The SMILES string of the molecule is NS(=O)(=O)c1ccc(CNC(=O)CCCc2nc(-c3ccc(Cl)cc3)no2)s1. The Bertz CT molecular complexity index is 1060. The summed E-state index contributed by atoms with van der Waals surface area (Å²) in [5.74, 6) is 0.774. The van der Waals surface area contributed by atoms with Gasteiger partial charge in [-0.2, -0.15) is 4.98 Å². The van der Waals surface area contributed by atoms with Crippen molar-refractivity contribution in [1.29, 1.82) is 0 Å². The number of thiophene rings is 1. The van der Waals surface area contributed by atoms with Crippen molar-refractivity contribution in [2.75, 3.05) is 0 Å². The fourth-order valence-electron chi connectivity index (χ4n) is 2.35. The summed E-state index contributed by atoms with van der Waals surface area (Å²) in [6, 6.07) is 10.1. The second kappa shape index (κ2) is 8.82. The zero-order valence-corrected chi connectivity index (χ0v) is 17.0. The Labute approximate surface area is 170 Å². The number of hydrogen-bond acceptors (Lipinski definition) is 7. The van der Waals surface area contributed by atoms with Crippen LogP contribution in [0.3, 0.4) is 0 Å². The summed E-state index contributed by atoms with van der Waals surface area (Å²) in [6.45, 7) is 0.250. The van der Waals surface area contributed by atoms with Gasteiger partial charge in [0.25, 0.3) is 0 Å². The molecule has 0 bridgehead atoms. The van der Waals surface area contributed by atoms with Gasteiger partial charge in [-0.1, -0.05) is 16.8 Å². The summed E-state index contributed by atoms with van der Waals surface area (Å²) in [4.78, 5) is 17.0. The number of hydrogen-bond donors (Lipinski definition) is 2. The summed E-state index contributed by atoms with van der Waals surface area (Å²) in [5.41, 5.74) is 0.798. The van der Waals surface area contributed by atoms with Crippen LogP contribution in [0.4, 0.5) is 0 Å². The van der Waals surface area contributed by atoms with Crippen LogP contribution in [0.5, 0.6) is 0 Å². The zero-order valence-electron chi connectivity index (χ0n) is 14.6. The van der Waals surface area contributed by atoms with E-state index in [9.17, 15) is 13.2 Å². The number of benzene rings is 1. The molecule has 2 heterocycles. The average molecular weight is 441 g/mol. The number of sulfonamides is 1. The molecule has 0 fully saturated rings. The Morgan fingerprint density at radius 2 is 1.96 bits per heavy atom. The summed E-state index contributed by atoms with van der Waals surface area (Å²) in [7, 11) is -3.71. The van der Waals surface area contributed by atoms with E-state index in [2.05, 4.69) is 15.5 Å². The number of nitrogens with two attached hydrogens (primary N) is 1. The summed E-state index contributed by atoms with van der Waals surface area (Å²) < 4.78 is 27.8. The maximum Gasteiger partial charge on any atom is 0.247 e. The van der Waals surface area contributed by atoms with Crippen molar-refractivity contribution in [2.45, 2.75) is 30.0 Å². The summed E-state index contributed by atoms with van der Waals surface area (Å²) in [5, 5.41) is 12.4. The number of amides is 1. The van der Waals surface area contributed by atoms with Gasteiger partial charge in [0.2, 0.25) is 27.6 Å². The molecule has 3 aromatic rings. The molecule has 0 saturated heterocycles. The second-order valence-electron chi connectivity index (χ2n) is 5.91. The largest absolute Gasteiger partial charge is 0.351 e. The maximum atomic E-state index is 11.9. The molecule has 0 aliphatic carbocycles. The minimum absolute atomic E-state index is 0.0737. The fourth-order valence-corrected chi connectivity index (χ4v) is 4.20. The van der Waals surface area contributed by atoms with Crippen molar-refractivity contribution in [3.05, 3.63) is 52.2 Å². The van der Waals surface area contributed by atoms with Crippen LogP contribution < -0.4 is 10.5 Å².